The molecule has 0 aromatic heterocycles. The van der Waals surface area contributed by atoms with Crippen LogP contribution < -0.4 is 11.1 Å². The highest BCUT2D eigenvalue weighted by Crippen LogP contribution is 2.18. The number of anilines is 1. The van der Waals surface area contributed by atoms with Crippen LogP contribution in [0.15, 0.2) is 42.5 Å². The van der Waals surface area contributed by atoms with Crippen molar-refractivity contribution in [3.63, 3.8) is 0 Å². The summed E-state index contributed by atoms with van der Waals surface area (Å²) >= 11 is 0. The largest absolute Gasteiger partial charge is 0.376 e. The van der Waals surface area contributed by atoms with Crippen molar-refractivity contribution in [2.24, 2.45) is 5.73 Å². The van der Waals surface area contributed by atoms with Gasteiger partial charge in [0, 0.05) is 12.1 Å². The molecular formula is C14H12F2N2O. The van der Waals surface area contributed by atoms with Crippen LogP contribution in [-0.4, -0.2) is 5.91 Å². The van der Waals surface area contributed by atoms with Crippen LogP contribution in [0.5, 0.6) is 0 Å². The van der Waals surface area contributed by atoms with E-state index >= 15 is 0 Å². The molecule has 0 unspecified atom stereocenters. The molecular weight excluding hydrogens is 250 g/mol. The Morgan fingerprint density at radius 3 is 2.16 bits per heavy atom. The van der Waals surface area contributed by atoms with Gasteiger partial charge >= 0.3 is 0 Å². The fourth-order valence-corrected chi connectivity index (χ4v) is 1.64. The van der Waals surface area contributed by atoms with Crippen molar-refractivity contribution < 1.29 is 13.6 Å². The van der Waals surface area contributed by atoms with E-state index in [0.717, 1.165) is 5.56 Å². The molecule has 2 rings (SSSR count). The highest BCUT2D eigenvalue weighted by Gasteiger charge is 2.07. The van der Waals surface area contributed by atoms with E-state index in [2.05, 4.69) is 5.32 Å². The van der Waals surface area contributed by atoms with Gasteiger partial charge in [-0.1, -0.05) is 18.2 Å². The maximum atomic E-state index is 13.4. The fraction of sp³-hybridized carbons (Fsp3) is 0.0714. The molecule has 0 spiro atoms. The number of carbonyl (C=O) groups excluding carboxylic acids is 1. The lowest BCUT2D eigenvalue weighted by atomic mass is 10.1. The zero-order valence-corrected chi connectivity index (χ0v) is 9.99. The second kappa shape index (κ2) is 5.48. The van der Waals surface area contributed by atoms with E-state index in [4.69, 9.17) is 5.73 Å². The maximum Gasteiger partial charge on any atom is 0.248 e. The molecule has 0 fully saturated rings. The molecule has 0 radical (unpaired) electrons. The number of hydrogen-bond acceptors (Lipinski definition) is 2. The number of amides is 1. The molecule has 1 amide bonds. The van der Waals surface area contributed by atoms with Gasteiger partial charge in [-0.3, -0.25) is 4.79 Å². The minimum Gasteiger partial charge on any atom is -0.376 e. The first-order valence-electron chi connectivity index (χ1n) is 5.64. The van der Waals surface area contributed by atoms with Gasteiger partial charge in [0.2, 0.25) is 5.91 Å². The predicted octanol–water partition coefficient (Wildman–Crippen LogP) is 2.68. The molecule has 0 bridgehead atoms. The number of hydrogen-bond donors (Lipinski definition) is 2. The average molecular weight is 262 g/mol. The molecule has 0 heterocycles. The zero-order chi connectivity index (χ0) is 13.8. The molecule has 3 N–H and O–H groups in total. The minimum absolute atomic E-state index is 0.165. The molecule has 2 aromatic carbocycles. The van der Waals surface area contributed by atoms with E-state index < -0.39 is 17.5 Å². The number of nitrogens with two attached hydrogens (primary N) is 1. The molecule has 3 nitrogen and oxygen atoms in total. The summed E-state index contributed by atoms with van der Waals surface area (Å²) in [7, 11) is 0. The second-order valence-corrected chi connectivity index (χ2v) is 4.01. The molecule has 0 aliphatic carbocycles. The summed E-state index contributed by atoms with van der Waals surface area (Å²) in [5, 5.41) is 2.68. The van der Waals surface area contributed by atoms with Crippen molar-refractivity contribution in [3.8, 4) is 0 Å². The van der Waals surface area contributed by atoms with Gasteiger partial charge in [0.05, 0.1) is 0 Å². The average Bonchev–Trinajstić information content (AvgIpc) is 2.38. The lowest BCUT2D eigenvalue weighted by Crippen LogP contribution is -2.11. The third-order valence-electron chi connectivity index (χ3n) is 2.67. The summed E-state index contributed by atoms with van der Waals surface area (Å²) in [5.74, 6) is -1.80. The van der Waals surface area contributed by atoms with Gasteiger partial charge in [0.15, 0.2) is 0 Å². The van der Waals surface area contributed by atoms with Crippen molar-refractivity contribution in [2.75, 3.05) is 5.32 Å². The van der Waals surface area contributed by atoms with Gasteiger partial charge in [0.25, 0.3) is 0 Å². The molecule has 0 aliphatic heterocycles. The molecule has 2 aromatic rings. The monoisotopic (exact) mass is 262 g/mol. The van der Waals surface area contributed by atoms with Gasteiger partial charge in [-0.2, -0.15) is 0 Å². The van der Waals surface area contributed by atoms with Gasteiger partial charge in [-0.15, -0.1) is 0 Å². The first-order valence-corrected chi connectivity index (χ1v) is 5.64. The Morgan fingerprint density at radius 2 is 1.63 bits per heavy atom. The fourth-order valence-electron chi connectivity index (χ4n) is 1.64. The number of halogens is 2. The summed E-state index contributed by atoms with van der Waals surface area (Å²) < 4.78 is 26.7. The van der Waals surface area contributed by atoms with Gasteiger partial charge in [-0.25, -0.2) is 8.78 Å². The quantitative estimate of drug-likeness (QED) is 0.890. The minimum atomic E-state index is -0.645. The Bertz CT molecular complexity index is 577. The van der Waals surface area contributed by atoms with Gasteiger partial charge in [-0.05, 0) is 29.8 Å². The number of nitrogens with one attached hydrogen (secondary N) is 1. The SMILES string of the molecule is NC(=O)c1ccc(CNc2c(F)cccc2F)cc1. The molecule has 0 saturated carbocycles. The second-order valence-electron chi connectivity index (χ2n) is 4.01. The lowest BCUT2D eigenvalue weighted by molar-refractivity contribution is 0.100. The van der Waals surface area contributed by atoms with Crippen molar-refractivity contribution in [1.29, 1.82) is 0 Å². The maximum absolute atomic E-state index is 13.4. The standard InChI is InChI=1S/C14H12F2N2O/c15-11-2-1-3-12(16)13(11)18-8-9-4-6-10(7-5-9)14(17)19/h1-7,18H,8H2,(H2,17,19). The topological polar surface area (TPSA) is 55.1 Å². The number of primary amides is 1. The number of carbonyl (C=O) groups is 1. The van der Waals surface area contributed by atoms with Crippen LogP contribution in [0.4, 0.5) is 14.5 Å². The predicted molar refractivity (Wildman–Crippen MR) is 68.6 cm³/mol. The van der Waals surface area contributed by atoms with E-state index in [1.54, 1.807) is 24.3 Å². The molecule has 98 valence electrons. The van der Waals surface area contributed by atoms with Crippen LogP contribution in [0.2, 0.25) is 0 Å². The molecule has 0 saturated heterocycles. The molecule has 0 atom stereocenters. The van der Waals surface area contributed by atoms with Crippen LogP contribution in [0.1, 0.15) is 15.9 Å². The van der Waals surface area contributed by atoms with Crippen LogP contribution in [-0.2, 0) is 6.54 Å². The zero-order valence-electron chi connectivity index (χ0n) is 9.99. The summed E-state index contributed by atoms with van der Waals surface area (Å²) in [6, 6.07) is 10.1. The lowest BCUT2D eigenvalue weighted by Gasteiger charge is -2.08. The van der Waals surface area contributed by atoms with Crippen molar-refractivity contribution in [3.05, 3.63) is 65.2 Å². The summed E-state index contributed by atoms with van der Waals surface area (Å²) in [5.41, 5.74) is 6.12. The number of benzene rings is 2. The van der Waals surface area contributed by atoms with E-state index in [0.29, 0.717) is 5.56 Å². The van der Waals surface area contributed by atoms with Gasteiger partial charge in [0.1, 0.15) is 17.3 Å². The third-order valence-corrected chi connectivity index (χ3v) is 2.67. The first kappa shape index (κ1) is 13.0. The smallest absolute Gasteiger partial charge is 0.248 e. The Hall–Kier alpha value is -2.43. The molecule has 5 heteroatoms. The number of rotatable bonds is 4. The summed E-state index contributed by atoms with van der Waals surface area (Å²) in [4.78, 5) is 10.9. The van der Waals surface area contributed by atoms with Crippen molar-refractivity contribution in [2.45, 2.75) is 6.54 Å². The van der Waals surface area contributed by atoms with E-state index in [-0.39, 0.29) is 12.2 Å². The highest BCUT2D eigenvalue weighted by molar-refractivity contribution is 5.92. The van der Waals surface area contributed by atoms with Crippen molar-refractivity contribution in [1.82, 2.24) is 0 Å². The van der Waals surface area contributed by atoms with Crippen LogP contribution in [0.25, 0.3) is 0 Å². The van der Waals surface area contributed by atoms with E-state index in [1.165, 1.54) is 18.2 Å². The van der Waals surface area contributed by atoms with Crippen LogP contribution >= 0.6 is 0 Å². The van der Waals surface area contributed by atoms with Gasteiger partial charge < -0.3 is 11.1 Å². The Kier molecular flexibility index (Phi) is 3.75. The Morgan fingerprint density at radius 1 is 1.05 bits per heavy atom. The Labute approximate surface area is 109 Å². The van der Waals surface area contributed by atoms with Crippen molar-refractivity contribution >= 4 is 11.6 Å². The summed E-state index contributed by atoms with van der Waals surface area (Å²) in [6.45, 7) is 0.247. The first-order chi connectivity index (χ1) is 9.08. The molecule has 19 heavy (non-hydrogen) atoms. The number of para-hydroxylation sites is 1. The normalized spacial score (nSPS) is 10.2. The molecule has 0 aliphatic rings. The van der Waals surface area contributed by atoms with E-state index in [9.17, 15) is 13.6 Å². The third kappa shape index (κ3) is 3.07. The van der Waals surface area contributed by atoms with Crippen LogP contribution in [0.3, 0.4) is 0 Å². The van der Waals surface area contributed by atoms with E-state index in [1.807, 2.05) is 0 Å². The Balaban J connectivity index is 2.08. The highest BCUT2D eigenvalue weighted by atomic mass is 19.1. The van der Waals surface area contributed by atoms with Crippen LogP contribution in [0, 0.1) is 11.6 Å². The summed E-state index contributed by atoms with van der Waals surface area (Å²) in [6.07, 6.45) is 0.